The molecule has 0 spiro atoms. The number of ketones is 1. The van der Waals surface area contributed by atoms with Gasteiger partial charge in [0.2, 0.25) is 0 Å². The molecule has 0 saturated heterocycles. The van der Waals surface area contributed by atoms with Crippen LogP contribution in [-0.4, -0.2) is 12.4 Å². The van der Waals surface area contributed by atoms with E-state index < -0.39 is 0 Å². The minimum absolute atomic E-state index is 0.0968. The van der Waals surface area contributed by atoms with Crippen molar-refractivity contribution in [3.8, 4) is 16.9 Å². The molecule has 1 saturated carbocycles. The molecule has 1 fully saturated rings. The van der Waals surface area contributed by atoms with Gasteiger partial charge in [0.25, 0.3) is 0 Å². The Hall–Kier alpha value is -2.09. The fraction of sp³-hybridized carbons (Fsp3) is 0.567. The maximum absolute atomic E-state index is 12.6. The van der Waals surface area contributed by atoms with E-state index in [0.717, 1.165) is 31.6 Å². The third-order valence-corrected chi connectivity index (χ3v) is 6.96. The highest BCUT2D eigenvalue weighted by atomic mass is 16.5. The van der Waals surface area contributed by atoms with Crippen molar-refractivity contribution >= 4 is 5.78 Å². The molecule has 1 aliphatic rings. The average Bonchev–Trinajstić information content (AvgIpc) is 2.82. The quantitative estimate of drug-likeness (QED) is 0.295. The molecule has 2 aromatic rings. The highest BCUT2D eigenvalue weighted by Gasteiger charge is 2.29. The summed E-state index contributed by atoms with van der Waals surface area (Å²) in [7, 11) is 0. The Morgan fingerprint density at radius 3 is 2.00 bits per heavy atom. The van der Waals surface area contributed by atoms with Gasteiger partial charge >= 0.3 is 0 Å². The van der Waals surface area contributed by atoms with Gasteiger partial charge in [-0.05, 0) is 54.0 Å². The number of hydrogen-bond donors (Lipinski definition) is 0. The predicted molar refractivity (Wildman–Crippen MR) is 135 cm³/mol. The zero-order valence-electron chi connectivity index (χ0n) is 20.3. The second-order valence-electron chi connectivity index (χ2n) is 9.57. The fourth-order valence-electron chi connectivity index (χ4n) is 5.00. The van der Waals surface area contributed by atoms with E-state index in [1.54, 1.807) is 0 Å². The van der Waals surface area contributed by atoms with Crippen molar-refractivity contribution in [3.63, 3.8) is 0 Å². The monoisotopic (exact) mass is 434 g/mol. The van der Waals surface area contributed by atoms with Crippen LogP contribution in [0.5, 0.6) is 5.75 Å². The van der Waals surface area contributed by atoms with Crippen molar-refractivity contribution in [2.24, 2.45) is 5.92 Å². The first kappa shape index (κ1) is 24.6. The summed E-state index contributed by atoms with van der Waals surface area (Å²) >= 11 is 0. The van der Waals surface area contributed by atoms with Crippen LogP contribution in [0, 0.1) is 5.92 Å². The van der Waals surface area contributed by atoms with Crippen molar-refractivity contribution in [2.45, 2.75) is 96.8 Å². The molecule has 0 radical (unpaired) electrons. The first-order valence-corrected chi connectivity index (χ1v) is 13.1. The van der Waals surface area contributed by atoms with E-state index in [9.17, 15) is 4.79 Å². The summed E-state index contributed by atoms with van der Waals surface area (Å²) in [6.07, 6.45) is 14.4. The topological polar surface area (TPSA) is 26.3 Å². The molecule has 2 unspecified atom stereocenters. The van der Waals surface area contributed by atoms with Gasteiger partial charge in [0, 0.05) is 12.3 Å². The van der Waals surface area contributed by atoms with Crippen LogP contribution in [-0.2, 0) is 4.79 Å². The summed E-state index contributed by atoms with van der Waals surface area (Å²) in [5, 5.41) is 0. The first-order valence-electron chi connectivity index (χ1n) is 13.1. The van der Waals surface area contributed by atoms with E-state index >= 15 is 0 Å². The van der Waals surface area contributed by atoms with E-state index in [0.29, 0.717) is 11.7 Å². The van der Waals surface area contributed by atoms with Crippen LogP contribution in [0.3, 0.4) is 0 Å². The molecule has 2 heteroatoms. The number of rotatable bonds is 13. The van der Waals surface area contributed by atoms with Gasteiger partial charge in [0.15, 0.2) is 0 Å². The van der Waals surface area contributed by atoms with Gasteiger partial charge in [0.1, 0.15) is 11.5 Å². The number of Topliss-reactive ketones (excluding diaryl/α,β-unsaturated/α-hetero) is 1. The number of carbonyl (C=O) groups is 1. The van der Waals surface area contributed by atoms with E-state index in [2.05, 4.69) is 62.4 Å². The van der Waals surface area contributed by atoms with Gasteiger partial charge in [-0.3, -0.25) is 4.79 Å². The molecule has 0 N–H and O–H groups in total. The van der Waals surface area contributed by atoms with Crippen molar-refractivity contribution in [2.75, 3.05) is 6.61 Å². The zero-order valence-corrected chi connectivity index (χ0v) is 20.3. The van der Waals surface area contributed by atoms with Gasteiger partial charge in [-0.15, -0.1) is 0 Å². The second kappa shape index (κ2) is 13.5. The molecule has 174 valence electrons. The Balaban J connectivity index is 1.44. The second-order valence-corrected chi connectivity index (χ2v) is 9.57. The molecule has 0 heterocycles. The Bertz CT molecular complexity index is 791. The Kier molecular flexibility index (Phi) is 10.3. The molecule has 2 aromatic carbocycles. The van der Waals surface area contributed by atoms with Crippen LogP contribution < -0.4 is 4.74 Å². The maximum Gasteiger partial charge on any atom is 0.140 e. The summed E-state index contributed by atoms with van der Waals surface area (Å²) in [4.78, 5) is 12.6. The number of carbonyl (C=O) groups excluding carboxylic acids is 1. The lowest BCUT2D eigenvalue weighted by Gasteiger charge is -2.27. The molecule has 3 rings (SSSR count). The van der Waals surface area contributed by atoms with E-state index in [4.69, 9.17) is 4.74 Å². The Morgan fingerprint density at radius 2 is 1.38 bits per heavy atom. The largest absolute Gasteiger partial charge is 0.494 e. The first-order chi connectivity index (χ1) is 15.7. The SMILES string of the molecule is CCCCCCCCCOc1ccc(-c2ccc(C3CCC(CCC)CC3=O)cc2)cc1. The summed E-state index contributed by atoms with van der Waals surface area (Å²) in [5.41, 5.74) is 3.57. The number of unbranched alkanes of at least 4 members (excludes halogenated alkanes) is 6. The van der Waals surface area contributed by atoms with E-state index in [1.165, 1.54) is 74.5 Å². The van der Waals surface area contributed by atoms with Gasteiger partial charge in [0.05, 0.1) is 6.61 Å². The summed E-state index contributed by atoms with van der Waals surface area (Å²) in [5.74, 6) is 2.09. The maximum atomic E-state index is 12.6. The average molecular weight is 435 g/mol. The lowest BCUT2D eigenvalue weighted by Crippen LogP contribution is -2.23. The Morgan fingerprint density at radius 1 is 0.750 bits per heavy atom. The van der Waals surface area contributed by atoms with Crippen molar-refractivity contribution in [1.82, 2.24) is 0 Å². The highest BCUT2D eigenvalue weighted by Crippen LogP contribution is 2.36. The minimum Gasteiger partial charge on any atom is -0.494 e. The third-order valence-electron chi connectivity index (χ3n) is 6.96. The molecule has 2 atom stereocenters. The van der Waals surface area contributed by atoms with Crippen LogP contribution in [0.25, 0.3) is 11.1 Å². The molecule has 0 bridgehead atoms. The molecule has 2 nitrogen and oxygen atoms in total. The van der Waals surface area contributed by atoms with Gasteiger partial charge in [-0.25, -0.2) is 0 Å². The van der Waals surface area contributed by atoms with Crippen molar-refractivity contribution in [3.05, 3.63) is 54.1 Å². The van der Waals surface area contributed by atoms with Gasteiger partial charge < -0.3 is 4.74 Å². The standard InChI is InChI=1S/C30H42O2/c1-3-5-6-7-8-9-10-22-32-28-19-17-26(18-20-28)25-13-15-27(16-14-25)29-21-12-24(11-4-2)23-30(29)31/h13-20,24,29H,3-12,21-23H2,1-2H3. The summed E-state index contributed by atoms with van der Waals surface area (Å²) < 4.78 is 5.92. The van der Waals surface area contributed by atoms with Crippen LogP contribution in [0.1, 0.15) is 102 Å². The van der Waals surface area contributed by atoms with Crippen LogP contribution in [0.4, 0.5) is 0 Å². The Labute approximate surface area is 195 Å². The fourth-order valence-corrected chi connectivity index (χ4v) is 5.00. The molecule has 0 amide bonds. The zero-order chi connectivity index (χ0) is 22.6. The van der Waals surface area contributed by atoms with E-state index in [-0.39, 0.29) is 5.92 Å². The highest BCUT2D eigenvalue weighted by molar-refractivity contribution is 5.86. The number of ether oxygens (including phenoxy) is 1. The van der Waals surface area contributed by atoms with Crippen LogP contribution in [0.15, 0.2) is 48.5 Å². The summed E-state index contributed by atoms with van der Waals surface area (Å²) in [6, 6.07) is 17.1. The number of hydrogen-bond acceptors (Lipinski definition) is 2. The summed E-state index contributed by atoms with van der Waals surface area (Å²) in [6.45, 7) is 5.27. The van der Waals surface area contributed by atoms with Gasteiger partial charge in [-0.2, -0.15) is 0 Å². The lowest BCUT2D eigenvalue weighted by atomic mass is 9.76. The van der Waals surface area contributed by atoms with Crippen molar-refractivity contribution in [1.29, 1.82) is 0 Å². The normalized spacial score (nSPS) is 18.6. The molecular formula is C30H42O2. The van der Waals surface area contributed by atoms with Crippen LogP contribution in [0.2, 0.25) is 0 Å². The molecule has 1 aliphatic carbocycles. The van der Waals surface area contributed by atoms with Crippen molar-refractivity contribution < 1.29 is 9.53 Å². The third kappa shape index (κ3) is 7.50. The number of benzene rings is 2. The predicted octanol–water partition coefficient (Wildman–Crippen LogP) is 8.74. The van der Waals surface area contributed by atoms with E-state index in [1.807, 2.05) is 0 Å². The minimum atomic E-state index is 0.0968. The molecule has 32 heavy (non-hydrogen) atoms. The van der Waals surface area contributed by atoms with Crippen LogP contribution >= 0.6 is 0 Å². The van der Waals surface area contributed by atoms with Gasteiger partial charge in [-0.1, -0.05) is 102 Å². The lowest BCUT2D eigenvalue weighted by molar-refractivity contribution is -0.123. The molecule has 0 aromatic heterocycles. The molecular weight excluding hydrogens is 392 g/mol. The smallest absolute Gasteiger partial charge is 0.140 e. The molecule has 0 aliphatic heterocycles.